The summed E-state index contributed by atoms with van der Waals surface area (Å²) in [6, 6.07) is 1.59. The van der Waals surface area contributed by atoms with Crippen molar-refractivity contribution in [3.63, 3.8) is 0 Å². The SMILES string of the molecule is COC1CCN(c2cnn(CCOCCO)c(=O)c2)C1. The van der Waals surface area contributed by atoms with Crippen molar-refractivity contribution in [3.8, 4) is 0 Å². The molecule has 7 nitrogen and oxygen atoms in total. The van der Waals surface area contributed by atoms with E-state index in [4.69, 9.17) is 14.6 Å². The Bertz CT molecular complexity index is 477. The molecule has 0 amide bonds. The number of nitrogens with zero attached hydrogens (tertiary/aromatic N) is 3. The van der Waals surface area contributed by atoms with Crippen LogP contribution in [0.1, 0.15) is 6.42 Å². The van der Waals surface area contributed by atoms with Crippen LogP contribution in [0.15, 0.2) is 17.1 Å². The maximum atomic E-state index is 11.9. The number of rotatable bonds is 7. The molecule has 1 N–H and O–H groups in total. The van der Waals surface area contributed by atoms with Crippen LogP contribution in [0.3, 0.4) is 0 Å². The van der Waals surface area contributed by atoms with Gasteiger partial charge in [-0.1, -0.05) is 0 Å². The molecule has 2 rings (SSSR count). The van der Waals surface area contributed by atoms with Gasteiger partial charge in [0.05, 0.1) is 44.4 Å². The largest absolute Gasteiger partial charge is 0.394 e. The molecular formula is C13H21N3O4. The van der Waals surface area contributed by atoms with E-state index in [2.05, 4.69) is 10.00 Å². The molecular weight excluding hydrogens is 262 g/mol. The Morgan fingerprint density at radius 3 is 3.00 bits per heavy atom. The minimum atomic E-state index is -0.143. The Balaban J connectivity index is 1.94. The molecule has 1 fully saturated rings. The molecule has 0 spiro atoms. The van der Waals surface area contributed by atoms with Gasteiger partial charge in [-0.05, 0) is 6.42 Å². The third-order valence-corrected chi connectivity index (χ3v) is 3.38. The lowest BCUT2D eigenvalue weighted by Crippen LogP contribution is -2.28. The standard InChI is InChI=1S/C13H21N3O4/c1-19-12-2-3-15(10-12)11-8-13(18)16(14-9-11)4-6-20-7-5-17/h8-9,12,17H,2-7,10H2,1H3. The molecule has 1 atom stereocenters. The van der Waals surface area contributed by atoms with Crippen molar-refractivity contribution in [3.05, 3.63) is 22.6 Å². The van der Waals surface area contributed by atoms with E-state index in [0.717, 1.165) is 25.2 Å². The molecule has 20 heavy (non-hydrogen) atoms. The van der Waals surface area contributed by atoms with Gasteiger partial charge in [0.25, 0.3) is 5.56 Å². The first kappa shape index (κ1) is 15.0. The Kier molecular flexibility index (Phi) is 5.51. The van der Waals surface area contributed by atoms with E-state index in [9.17, 15) is 4.79 Å². The van der Waals surface area contributed by atoms with Gasteiger partial charge >= 0.3 is 0 Å². The Hall–Kier alpha value is -1.44. The number of aromatic nitrogens is 2. The number of anilines is 1. The Morgan fingerprint density at radius 2 is 2.35 bits per heavy atom. The number of methoxy groups -OCH3 is 1. The molecule has 0 bridgehead atoms. The van der Waals surface area contributed by atoms with Crippen molar-refractivity contribution < 1.29 is 14.6 Å². The first-order valence-corrected chi connectivity index (χ1v) is 6.78. The first-order chi connectivity index (χ1) is 9.74. The van der Waals surface area contributed by atoms with Crippen molar-refractivity contribution >= 4 is 5.69 Å². The van der Waals surface area contributed by atoms with E-state index in [1.54, 1.807) is 19.4 Å². The number of aliphatic hydroxyl groups excluding tert-OH is 1. The number of ether oxygens (including phenoxy) is 2. The van der Waals surface area contributed by atoms with Crippen LogP contribution < -0.4 is 10.5 Å². The van der Waals surface area contributed by atoms with Gasteiger partial charge in [-0.25, -0.2) is 4.68 Å². The zero-order chi connectivity index (χ0) is 14.4. The summed E-state index contributed by atoms with van der Waals surface area (Å²) in [7, 11) is 1.71. The Labute approximate surface area is 117 Å². The van der Waals surface area contributed by atoms with Crippen LogP contribution >= 0.6 is 0 Å². The van der Waals surface area contributed by atoms with Gasteiger partial charge in [0.2, 0.25) is 0 Å². The summed E-state index contributed by atoms with van der Waals surface area (Å²) in [5.41, 5.74) is 0.693. The van der Waals surface area contributed by atoms with Gasteiger partial charge < -0.3 is 19.5 Å². The summed E-state index contributed by atoms with van der Waals surface area (Å²) >= 11 is 0. The summed E-state index contributed by atoms with van der Waals surface area (Å²) in [5, 5.41) is 12.7. The van der Waals surface area contributed by atoms with Crippen molar-refractivity contribution in [2.45, 2.75) is 19.1 Å². The molecule has 1 aromatic heterocycles. The molecule has 0 aliphatic carbocycles. The lowest BCUT2D eigenvalue weighted by atomic mass is 10.3. The van der Waals surface area contributed by atoms with E-state index in [1.807, 2.05) is 0 Å². The van der Waals surface area contributed by atoms with E-state index in [1.165, 1.54) is 4.68 Å². The van der Waals surface area contributed by atoms with Crippen molar-refractivity contribution in [1.29, 1.82) is 0 Å². The summed E-state index contributed by atoms with van der Waals surface area (Å²) in [6.07, 6.45) is 2.89. The van der Waals surface area contributed by atoms with Gasteiger partial charge in [0.15, 0.2) is 0 Å². The zero-order valence-electron chi connectivity index (χ0n) is 11.7. The van der Waals surface area contributed by atoms with E-state index in [-0.39, 0.29) is 24.9 Å². The highest BCUT2D eigenvalue weighted by Crippen LogP contribution is 2.19. The Morgan fingerprint density at radius 1 is 1.50 bits per heavy atom. The highest BCUT2D eigenvalue weighted by molar-refractivity contribution is 5.44. The van der Waals surface area contributed by atoms with Crippen LogP contribution in [0, 0.1) is 0 Å². The third-order valence-electron chi connectivity index (χ3n) is 3.38. The third kappa shape index (κ3) is 3.78. The summed E-state index contributed by atoms with van der Waals surface area (Å²) in [6.45, 7) is 2.68. The molecule has 2 heterocycles. The number of aliphatic hydroxyl groups is 1. The fraction of sp³-hybridized carbons (Fsp3) is 0.692. The van der Waals surface area contributed by atoms with E-state index < -0.39 is 0 Å². The lowest BCUT2D eigenvalue weighted by molar-refractivity contribution is 0.0847. The van der Waals surface area contributed by atoms with Gasteiger partial charge in [0, 0.05) is 26.3 Å². The molecule has 1 aliphatic rings. The highest BCUT2D eigenvalue weighted by atomic mass is 16.5. The van der Waals surface area contributed by atoms with Crippen LogP contribution in [0.5, 0.6) is 0 Å². The summed E-state index contributed by atoms with van der Waals surface area (Å²) < 4.78 is 11.8. The number of hydrogen-bond acceptors (Lipinski definition) is 6. The average molecular weight is 283 g/mol. The molecule has 112 valence electrons. The monoisotopic (exact) mass is 283 g/mol. The van der Waals surface area contributed by atoms with Gasteiger partial charge in [-0.15, -0.1) is 0 Å². The predicted octanol–water partition coefficient (Wildman–Crippen LogP) is -0.523. The van der Waals surface area contributed by atoms with E-state index in [0.29, 0.717) is 13.2 Å². The average Bonchev–Trinajstić information content (AvgIpc) is 2.94. The molecule has 0 radical (unpaired) electrons. The normalized spacial score (nSPS) is 18.7. The molecule has 7 heteroatoms. The summed E-state index contributed by atoms with van der Waals surface area (Å²) in [4.78, 5) is 14.1. The highest BCUT2D eigenvalue weighted by Gasteiger charge is 2.22. The smallest absolute Gasteiger partial charge is 0.268 e. The van der Waals surface area contributed by atoms with Crippen molar-refractivity contribution in [1.82, 2.24) is 9.78 Å². The second-order valence-electron chi connectivity index (χ2n) is 4.70. The van der Waals surface area contributed by atoms with Crippen LogP contribution in [0.2, 0.25) is 0 Å². The van der Waals surface area contributed by atoms with Crippen LogP contribution in [-0.4, -0.2) is 61.0 Å². The van der Waals surface area contributed by atoms with Crippen LogP contribution in [-0.2, 0) is 16.0 Å². The summed E-state index contributed by atoms with van der Waals surface area (Å²) in [5.74, 6) is 0. The van der Waals surface area contributed by atoms with Crippen molar-refractivity contribution in [2.75, 3.05) is 44.9 Å². The van der Waals surface area contributed by atoms with Crippen LogP contribution in [0.4, 0.5) is 5.69 Å². The van der Waals surface area contributed by atoms with Gasteiger partial charge in [-0.3, -0.25) is 4.79 Å². The second kappa shape index (κ2) is 7.37. The first-order valence-electron chi connectivity index (χ1n) is 6.78. The quantitative estimate of drug-likeness (QED) is 0.678. The van der Waals surface area contributed by atoms with Crippen molar-refractivity contribution in [2.24, 2.45) is 0 Å². The molecule has 1 aliphatic heterocycles. The van der Waals surface area contributed by atoms with Gasteiger partial charge in [0.1, 0.15) is 0 Å². The minimum Gasteiger partial charge on any atom is -0.394 e. The topological polar surface area (TPSA) is 76.8 Å². The maximum Gasteiger partial charge on any atom is 0.268 e. The minimum absolute atomic E-state index is 0.0170. The zero-order valence-corrected chi connectivity index (χ0v) is 11.7. The van der Waals surface area contributed by atoms with Gasteiger partial charge in [-0.2, -0.15) is 5.10 Å². The number of hydrogen-bond donors (Lipinski definition) is 1. The fourth-order valence-electron chi connectivity index (χ4n) is 2.24. The molecule has 1 aromatic rings. The molecule has 1 unspecified atom stereocenters. The second-order valence-corrected chi connectivity index (χ2v) is 4.70. The lowest BCUT2D eigenvalue weighted by Gasteiger charge is -2.18. The maximum absolute atomic E-state index is 11.9. The predicted molar refractivity (Wildman–Crippen MR) is 74.0 cm³/mol. The van der Waals surface area contributed by atoms with Crippen LogP contribution in [0.25, 0.3) is 0 Å². The van der Waals surface area contributed by atoms with E-state index >= 15 is 0 Å². The fourth-order valence-corrected chi connectivity index (χ4v) is 2.24. The molecule has 0 aromatic carbocycles. The molecule has 1 saturated heterocycles. The molecule has 0 saturated carbocycles.